The van der Waals surface area contributed by atoms with E-state index in [0.717, 1.165) is 44.2 Å². The van der Waals surface area contributed by atoms with Crippen molar-refractivity contribution in [3.8, 4) is 66.8 Å². The highest BCUT2D eigenvalue weighted by Gasteiger charge is 2.45. The van der Waals surface area contributed by atoms with Crippen molar-refractivity contribution in [3.63, 3.8) is 0 Å². The Hall–Kier alpha value is -7.42. The summed E-state index contributed by atoms with van der Waals surface area (Å²) >= 11 is 0. The number of rotatable bonds is 2. The van der Waals surface area contributed by atoms with Crippen molar-refractivity contribution < 1.29 is 8.83 Å². The number of para-hydroxylation sites is 2. The topological polar surface area (TPSA) is 26.3 Å². The molecule has 0 saturated carbocycles. The Balaban J connectivity index is 0.961. The van der Waals surface area contributed by atoms with Gasteiger partial charge in [0.15, 0.2) is 0 Å². The maximum Gasteiger partial charge on any atom is 0.143 e. The van der Waals surface area contributed by atoms with Crippen molar-refractivity contribution in [2.24, 2.45) is 0 Å². The summed E-state index contributed by atoms with van der Waals surface area (Å²) in [7, 11) is 0. The zero-order valence-electron chi connectivity index (χ0n) is 39.8. The average molecular weight is 875 g/mol. The van der Waals surface area contributed by atoms with Crippen LogP contribution in [0.3, 0.4) is 0 Å². The van der Waals surface area contributed by atoms with Gasteiger partial charge >= 0.3 is 0 Å². The molecule has 0 fully saturated rings. The fourth-order valence-electron chi connectivity index (χ4n) is 13.9. The first-order valence-corrected chi connectivity index (χ1v) is 24.4. The molecular formula is C66H50O2. The Bertz CT molecular complexity index is 3870. The summed E-state index contributed by atoms with van der Waals surface area (Å²) < 4.78 is 14.1. The highest BCUT2D eigenvalue weighted by Crippen LogP contribution is 2.62. The fourth-order valence-corrected chi connectivity index (χ4v) is 13.9. The Labute approximate surface area is 396 Å². The van der Waals surface area contributed by atoms with Gasteiger partial charge in [0.05, 0.1) is 0 Å². The number of benzene rings is 9. The Morgan fingerprint density at radius 1 is 0.279 bits per heavy atom. The smallest absolute Gasteiger partial charge is 0.143 e. The molecule has 4 aliphatic rings. The van der Waals surface area contributed by atoms with Crippen LogP contribution in [0.1, 0.15) is 99.9 Å². The third-order valence-corrected chi connectivity index (χ3v) is 17.5. The third kappa shape index (κ3) is 4.55. The molecule has 2 aromatic heterocycles. The molecule has 2 nitrogen and oxygen atoms in total. The van der Waals surface area contributed by atoms with Gasteiger partial charge in [-0.05, 0) is 149 Å². The maximum atomic E-state index is 7.05. The van der Waals surface area contributed by atoms with Crippen LogP contribution in [0.2, 0.25) is 0 Å². The molecule has 9 aromatic carbocycles. The van der Waals surface area contributed by atoms with E-state index in [1.54, 1.807) is 0 Å². The summed E-state index contributed by atoms with van der Waals surface area (Å²) in [5.74, 6) is 0. The van der Waals surface area contributed by atoms with Gasteiger partial charge in [-0.25, -0.2) is 0 Å². The molecule has 326 valence electrons. The lowest BCUT2D eigenvalue weighted by Crippen LogP contribution is -2.17. The van der Waals surface area contributed by atoms with Crippen LogP contribution in [0.4, 0.5) is 0 Å². The first-order valence-electron chi connectivity index (χ1n) is 24.4. The molecular weight excluding hydrogens is 825 g/mol. The van der Waals surface area contributed by atoms with Crippen LogP contribution in [0.15, 0.2) is 167 Å². The van der Waals surface area contributed by atoms with Gasteiger partial charge in [-0.1, -0.05) is 165 Å². The van der Waals surface area contributed by atoms with E-state index in [0.29, 0.717) is 0 Å². The van der Waals surface area contributed by atoms with Gasteiger partial charge < -0.3 is 8.83 Å². The molecule has 2 heteroatoms. The molecule has 0 bridgehead atoms. The van der Waals surface area contributed by atoms with E-state index in [4.69, 9.17) is 8.83 Å². The predicted octanol–water partition coefficient (Wildman–Crippen LogP) is 18.0. The largest absolute Gasteiger partial charge is 0.455 e. The van der Waals surface area contributed by atoms with Crippen LogP contribution >= 0.6 is 0 Å². The molecule has 4 aliphatic carbocycles. The van der Waals surface area contributed by atoms with Crippen molar-refractivity contribution in [2.45, 2.75) is 77.0 Å². The minimum atomic E-state index is -0.299. The van der Waals surface area contributed by atoms with Crippen molar-refractivity contribution in [1.29, 1.82) is 0 Å². The van der Waals surface area contributed by atoms with Crippen LogP contribution in [0.25, 0.3) is 111 Å². The third-order valence-electron chi connectivity index (χ3n) is 17.5. The number of fused-ring (bicyclic) bond motifs is 20. The van der Waals surface area contributed by atoms with Gasteiger partial charge in [0.25, 0.3) is 0 Å². The summed E-state index contributed by atoms with van der Waals surface area (Å²) in [5.41, 5.74) is 29.1. The van der Waals surface area contributed by atoms with E-state index in [2.05, 4.69) is 213 Å². The van der Waals surface area contributed by atoms with Crippen molar-refractivity contribution in [3.05, 3.63) is 202 Å². The normalized spacial score (nSPS) is 16.7. The van der Waals surface area contributed by atoms with Crippen molar-refractivity contribution in [1.82, 2.24) is 0 Å². The molecule has 0 unspecified atom stereocenters. The average Bonchev–Trinajstić information content (AvgIpc) is 4.13. The zero-order valence-corrected chi connectivity index (χ0v) is 39.8. The van der Waals surface area contributed by atoms with Gasteiger partial charge in [-0.3, -0.25) is 0 Å². The van der Waals surface area contributed by atoms with E-state index in [1.807, 2.05) is 0 Å². The molecule has 11 aromatic rings. The van der Waals surface area contributed by atoms with Gasteiger partial charge in [-0.15, -0.1) is 0 Å². The fraction of sp³-hybridized carbons (Fsp3) is 0.182. The highest BCUT2D eigenvalue weighted by atomic mass is 16.3. The Kier molecular flexibility index (Phi) is 7.03. The van der Waals surface area contributed by atoms with Crippen LogP contribution in [-0.4, -0.2) is 0 Å². The second kappa shape index (κ2) is 12.4. The lowest BCUT2D eigenvalue weighted by Gasteiger charge is -2.25. The second-order valence-corrected chi connectivity index (χ2v) is 22.4. The molecule has 0 atom stereocenters. The van der Waals surface area contributed by atoms with Crippen LogP contribution in [-0.2, 0) is 21.7 Å². The molecule has 68 heavy (non-hydrogen) atoms. The van der Waals surface area contributed by atoms with E-state index in [-0.39, 0.29) is 21.7 Å². The van der Waals surface area contributed by atoms with E-state index >= 15 is 0 Å². The first kappa shape index (κ1) is 38.7. The van der Waals surface area contributed by atoms with Gasteiger partial charge in [0.2, 0.25) is 0 Å². The van der Waals surface area contributed by atoms with E-state index in [9.17, 15) is 0 Å². The van der Waals surface area contributed by atoms with Crippen LogP contribution < -0.4 is 0 Å². The summed E-state index contributed by atoms with van der Waals surface area (Å²) in [6.07, 6.45) is 0. The lowest BCUT2D eigenvalue weighted by molar-refractivity contribution is 0.650. The van der Waals surface area contributed by atoms with Crippen LogP contribution in [0.5, 0.6) is 0 Å². The Morgan fingerprint density at radius 2 is 0.618 bits per heavy atom. The monoisotopic (exact) mass is 874 g/mol. The van der Waals surface area contributed by atoms with Gasteiger partial charge in [-0.2, -0.15) is 0 Å². The molecule has 0 spiro atoms. The molecule has 0 radical (unpaired) electrons. The summed E-state index contributed by atoms with van der Waals surface area (Å²) in [4.78, 5) is 0. The first-order chi connectivity index (χ1) is 32.7. The number of hydrogen-bond acceptors (Lipinski definition) is 2. The lowest BCUT2D eigenvalue weighted by atomic mass is 9.78. The quantitative estimate of drug-likeness (QED) is 0.173. The van der Waals surface area contributed by atoms with E-state index < -0.39 is 0 Å². The molecule has 15 rings (SSSR count). The van der Waals surface area contributed by atoms with Crippen LogP contribution in [0, 0.1) is 0 Å². The van der Waals surface area contributed by atoms with Crippen molar-refractivity contribution >= 4 is 43.9 Å². The minimum absolute atomic E-state index is 0.109. The summed E-state index contributed by atoms with van der Waals surface area (Å²) in [6, 6.07) is 59.5. The van der Waals surface area contributed by atoms with E-state index in [1.165, 1.54) is 111 Å². The predicted molar refractivity (Wildman–Crippen MR) is 282 cm³/mol. The summed E-state index contributed by atoms with van der Waals surface area (Å²) in [5, 5.41) is 4.75. The summed E-state index contributed by atoms with van der Waals surface area (Å²) in [6.45, 7) is 19.2. The molecule has 0 amide bonds. The zero-order chi connectivity index (χ0) is 46.0. The second-order valence-electron chi connectivity index (χ2n) is 22.4. The molecule has 2 heterocycles. The molecule has 0 saturated heterocycles. The SMILES string of the molecule is CC1(C)c2ccccc2-c2ccc(-c3cc4c(c5c3oc3ccccc35)-c3cc5c(cc3C4(C)C)-c3c(cc(-c4ccc6c(c4)C(C)(C)c4ccccc4-6)c4oc6ccccc6c34)C5(C)C)cc21. The Morgan fingerprint density at radius 3 is 1.06 bits per heavy atom. The molecule has 0 aliphatic heterocycles. The van der Waals surface area contributed by atoms with Gasteiger partial charge in [0, 0.05) is 54.3 Å². The minimum Gasteiger partial charge on any atom is -0.455 e. The molecule has 0 N–H and O–H groups in total. The highest BCUT2D eigenvalue weighted by molar-refractivity contribution is 6.21. The van der Waals surface area contributed by atoms with Gasteiger partial charge in [0.1, 0.15) is 22.3 Å². The van der Waals surface area contributed by atoms with Crippen molar-refractivity contribution in [2.75, 3.05) is 0 Å². The standard InChI is InChI=1S/C66H50O2/c1-63(2)47-21-13-9-17-37(47)39-27-25-35(29-49(39)63)43-31-53-57(59-41-19-11-15-23-55(41)67-61(43)59)45-33-52-46(34-51(45)65(53,5)6)58-54(66(52,7)8)32-44(62-60(58)42-20-12-16-24-56(42)68-62)36-26-28-40-38-18-10-14-22-48(38)64(3,4)50(40)30-36/h9-34H,1-8H3. The number of furan rings is 2. The maximum absolute atomic E-state index is 7.05. The number of hydrogen-bond donors (Lipinski definition) is 0.